The zero-order valence-electron chi connectivity index (χ0n) is 18.9. The summed E-state index contributed by atoms with van der Waals surface area (Å²) in [5.74, 6) is -0.390. The van der Waals surface area contributed by atoms with E-state index >= 15 is 0 Å². The molecular weight excluding hydrogens is 481 g/mol. The Labute approximate surface area is 196 Å². The summed E-state index contributed by atoms with van der Waals surface area (Å²) in [6.45, 7) is -0.158. The number of halogens is 7. The molecule has 35 heavy (non-hydrogen) atoms. The van der Waals surface area contributed by atoms with Crippen molar-refractivity contribution in [2.45, 2.75) is 49.1 Å². The monoisotopic (exact) mass is 504 g/mol. The van der Waals surface area contributed by atoms with Crippen LogP contribution in [0.1, 0.15) is 42.5 Å². The molecule has 0 unspecified atom stereocenters. The smallest absolute Gasteiger partial charge is 0.330 e. The van der Waals surface area contributed by atoms with E-state index in [1.54, 1.807) is 6.07 Å². The number of nitrogens with one attached hydrogen (secondary N) is 1. The summed E-state index contributed by atoms with van der Waals surface area (Å²) in [5, 5.41) is 2.76. The molecular formula is C23H23F7N4O. The lowest BCUT2D eigenvalue weighted by molar-refractivity contribution is -0.145. The topological polar surface area (TPSA) is 48.5 Å². The maximum atomic E-state index is 13.9. The fourth-order valence-electron chi connectivity index (χ4n) is 5.15. The Kier molecular flexibility index (Phi) is 6.02. The molecule has 2 aliphatic rings. The molecule has 2 heterocycles. The van der Waals surface area contributed by atoms with Crippen LogP contribution in [0.15, 0.2) is 36.5 Å². The predicted octanol–water partition coefficient (Wildman–Crippen LogP) is 5.56. The van der Waals surface area contributed by atoms with Gasteiger partial charge in [-0.2, -0.15) is 26.3 Å². The minimum absolute atomic E-state index is 0.0739. The fourth-order valence-corrected chi connectivity index (χ4v) is 5.15. The molecule has 1 N–H and O–H groups in total. The van der Waals surface area contributed by atoms with Crippen LogP contribution in [0.4, 0.5) is 41.2 Å². The summed E-state index contributed by atoms with van der Waals surface area (Å²) in [4.78, 5) is 18.7. The molecule has 4 rings (SSSR count). The molecule has 1 aromatic carbocycles. The molecule has 1 saturated carbocycles. The van der Waals surface area contributed by atoms with E-state index in [9.17, 15) is 35.5 Å². The number of hydrogen-bond acceptors (Lipinski definition) is 3. The normalized spacial score (nSPS) is 25.4. The quantitative estimate of drug-likeness (QED) is 0.557. The Morgan fingerprint density at radius 3 is 2.20 bits per heavy atom. The van der Waals surface area contributed by atoms with Gasteiger partial charge in [-0.1, -0.05) is 12.1 Å². The molecule has 190 valence electrons. The molecule has 5 nitrogen and oxygen atoms in total. The first-order valence-corrected chi connectivity index (χ1v) is 10.8. The molecule has 2 amide bonds. The van der Waals surface area contributed by atoms with Gasteiger partial charge in [0.25, 0.3) is 0 Å². The average Bonchev–Trinajstić information content (AvgIpc) is 3.08. The van der Waals surface area contributed by atoms with Crippen molar-refractivity contribution in [1.29, 1.82) is 0 Å². The van der Waals surface area contributed by atoms with Gasteiger partial charge in [-0.25, -0.2) is 14.2 Å². The van der Waals surface area contributed by atoms with Gasteiger partial charge in [-0.3, -0.25) is 9.80 Å². The zero-order chi connectivity index (χ0) is 25.8. The van der Waals surface area contributed by atoms with E-state index in [4.69, 9.17) is 0 Å². The molecule has 2 fully saturated rings. The van der Waals surface area contributed by atoms with Crippen molar-refractivity contribution in [2.24, 2.45) is 0 Å². The maximum Gasteiger partial charge on any atom is 0.433 e. The van der Waals surface area contributed by atoms with Crippen LogP contribution in [0, 0.1) is 5.82 Å². The van der Waals surface area contributed by atoms with Crippen molar-refractivity contribution in [1.82, 2.24) is 15.2 Å². The van der Waals surface area contributed by atoms with E-state index in [0.717, 1.165) is 10.5 Å². The largest absolute Gasteiger partial charge is 0.433 e. The third kappa shape index (κ3) is 4.55. The number of hydrogen-bond donors (Lipinski definition) is 1. The second-order valence-electron chi connectivity index (χ2n) is 9.32. The summed E-state index contributed by atoms with van der Waals surface area (Å²) in [5.41, 5.74) is -4.66. The van der Waals surface area contributed by atoms with Gasteiger partial charge in [0.15, 0.2) is 0 Å². The lowest BCUT2D eigenvalue weighted by Crippen LogP contribution is -2.54. The van der Waals surface area contributed by atoms with E-state index in [1.165, 1.54) is 12.1 Å². The van der Waals surface area contributed by atoms with Crippen molar-refractivity contribution >= 4 is 11.7 Å². The lowest BCUT2D eigenvalue weighted by Gasteiger charge is -2.48. The molecule has 1 aliphatic heterocycles. The molecule has 1 spiro atoms. The van der Waals surface area contributed by atoms with Gasteiger partial charge in [0.1, 0.15) is 11.5 Å². The summed E-state index contributed by atoms with van der Waals surface area (Å²) in [6, 6.07) is 5.29. The summed E-state index contributed by atoms with van der Waals surface area (Å²) < 4.78 is 93.8. The van der Waals surface area contributed by atoms with Gasteiger partial charge in [-0.05, 0) is 63.5 Å². The molecule has 1 aliphatic carbocycles. The number of aromatic nitrogens is 1. The second kappa shape index (κ2) is 8.35. The van der Waals surface area contributed by atoms with Gasteiger partial charge < -0.3 is 5.32 Å². The highest BCUT2D eigenvalue weighted by Crippen LogP contribution is 2.47. The van der Waals surface area contributed by atoms with E-state index in [0.29, 0.717) is 31.9 Å². The summed E-state index contributed by atoms with van der Waals surface area (Å²) >= 11 is 0. The van der Waals surface area contributed by atoms with Gasteiger partial charge in [0, 0.05) is 5.54 Å². The molecule has 12 heteroatoms. The third-order valence-corrected chi connectivity index (χ3v) is 7.10. The number of carbonyl (C=O) groups excluding carboxylic acids is 1. The van der Waals surface area contributed by atoms with Crippen molar-refractivity contribution in [3.8, 4) is 0 Å². The molecule has 1 saturated heterocycles. The van der Waals surface area contributed by atoms with Crippen LogP contribution in [0.2, 0.25) is 0 Å². The van der Waals surface area contributed by atoms with Crippen LogP contribution in [-0.2, 0) is 17.9 Å². The highest BCUT2D eigenvalue weighted by atomic mass is 19.4. The number of rotatable bonds is 3. The van der Waals surface area contributed by atoms with Gasteiger partial charge in [0.2, 0.25) is 0 Å². The molecule has 0 atom stereocenters. The van der Waals surface area contributed by atoms with Gasteiger partial charge in [0.05, 0.1) is 29.5 Å². The van der Waals surface area contributed by atoms with Crippen LogP contribution in [0.25, 0.3) is 0 Å². The van der Waals surface area contributed by atoms with Crippen LogP contribution >= 0.6 is 0 Å². The van der Waals surface area contributed by atoms with E-state index in [-0.39, 0.29) is 18.4 Å². The van der Waals surface area contributed by atoms with Crippen LogP contribution < -0.4 is 10.2 Å². The first-order chi connectivity index (χ1) is 16.2. The predicted molar refractivity (Wildman–Crippen MR) is 113 cm³/mol. The van der Waals surface area contributed by atoms with Crippen molar-refractivity contribution in [3.63, 3.8) is 0 Å². The fraction of sp³-hybridized carbons (Fsp3) is 0.478. The summed E-state index contributed by atoms with van der Waals surface area (Å²) in [6.07, 6.45) is -8.03. The Morgan fingerprint density at radius 1 is 1.00 bits per heavy atom. The number of carbonyl (C=O) groups is 1. The van der Waals surface area contributed by atoms with Crippen molar-refractivity contribution in [2.75, 3.05) is 25.5 Å². The number of nitrogens with zero attached hydrogens (tertiary/aromatic N) is 3. The zero-order valence-corrected chi connectivity index (χ0v) is 18.9. The van der Waals surface area contributed by atoms with Crippen molar-refractivity contribution < 1.29 is 35.5 Å². The minimum atomic E-state index is -5.13. The number of pyridine rings is 1. The van der Waals surface area contributed by atoms with Crippen LogP contribution in [0.5, 0.6) is 0 Å². The third-order valence-electron chi connectivity index (χ3n) is 7.10. The average molecular weight is 504 g/mol. The van der Waals surface area contributed by atoms with E-state index in [1.807, 2.05) is 25.1 Å². The Bertz CT molecular complexity index is 1120. The second-order valence-corrected chi connectivity index (χ2v) is 9.32. The standard InChI is InChI=1S/C23H23F7N4O/c1-33(2)21(14-4-3-5-15(24)10-14)8-6-20(7-9-21)13-34(19(35)32-20)17-12-31-18(23(28,29)30)11-16(17)22(25,26)27/h3-5,10-12H,6-9,13H2,1-2H3,(H,32,35). The Morgan fingerprint density at radius 2 is 1.66 bits per heavy atom. The van der Waals surface area contributed by atoms with Gasteiger partial charge >= 0.3 is 18.4 Å². The molecule has 0 bridgehead atoms. The number of alkyl halides is 6. The molecule has 0 radical (unpaired) electrons. The number of anilines is 1. The van der Waals surface area contributed by atoms with Crippen LogP contribution in [-0.4, -0.2) is 42.1 Å². The van der Waals surface area contributed by atoms with E-state index < -0.39 is 46.4 Å². The number of urea groups is 1. The highest BCUT2D eigenvalue weighted by molar-refractivity contribution is 5.96. The summed E-state index contributed by atoms with van der Waals surface area (Å²) in [7, 11) is 3.71. The van der Waals surface area contributed by atoms with Gasteiger partial charge in [-0.15, -0.1) is 0 Å². The molecule has 1 aromatic heterocycles. The Balaban J connectivity index is 1.63. The SMILES string of the molecule is CN(C)C1(c2cccc(F)c2)CCC2(CC1)CN(c1cnc(C(F)(F)F)cc1C(F)(F)F)C(=O)N2. The highest BCUT2D eigenvalue weighted by Gasteiger charge is 2.52. The van der Waals surface area contributed by atoms with Crippen molar-refractivity contribution in [3.05, 3.63) is 59.2 Å². The van der Waals surface area contributed by atoms with E-state index in [2.05, 4.69) is 10.3 Å². The van der Waals surface area contributed by atoms with Crippen LogP contribution in [0.3, 0.4) is 0 Å². The maximum absolute atomic E-state index is 13.9. The number of benzene rings is 1. The first kappa shape index (κ1) is 25.2. The lowest BCUT2D eigenvalue weighted by atomic mass is 9.69. The number of amides is 2. The molecule has 2 aromatic rings. The Hall–Kier alpha value is -2.89. The minimum Gasteiger partial charge on any atom is -0.330 e. The first-order valence-electron chi connectivity index (χ1n) is 10.8.